The number of rotatable bonds is 7. The number of nitrogens with one attached hydrogen (secondary N) is 1. The number of ether oxygens (including phenoxy) is 1. The second kappa shape index (κ2) is 8.50. The quantitative estimate of drug-likeness (QED) is 0.484. The summed E-state index contributed by atoms with van der Waals surface area (Å²) in [6.07, 6.45) is 1.58. The molecule has 0 spiro atoms. The van der Waals surface area contributed by atoms with Gasteiger partial charge in [0.15, 0.2) is 0 Å². The SMILES string of the molecule is CCOc1ccc(-n2nnc(-c3nc(C)c(C(=O)NCc4ccco4)s3)c2C)cc1. The van der Waals surface area contributed by atoms with Crippen molar-refractivity contribution in [3.8, 4) is 22.1 Å². The molecule has 3 aromatic heterocycles. The van der Waals surface area contributed by atoms with Gasteiger partial charge in [0.25, 0.3) is 5.91 Å². The van der Waals surface area contributed by atoms with Gasteiger partial charge in [0, 0.05) is 0 Å². The predicted octanol–water partition coefficient (Wildman–Crippen LogP) is 3.93. The summed E-state index contributed by atoms with van der Waals surface area (Å²) in [5.74, 6) is 1.31. The molecule has 30 heavy (non-hydrogen) atoms. The Morgan fingerprint density at radius 2 is 2.03 bits per heavy atom. The van der Waals surface area contributed by atoms with Gasteiger partial charge in [-0.05, 0) is 57.2 Å². The van der Waals surface area contributed by atoms with E-state index in [0.717, 1.165) is 17.1 Å². The number of amides is 1. The highest BCUT2D eigenvalue weighted by Gasteiger charge is 2.20. The first-order valence-corrected chi connectivity index (χ1v) is 10.3. The first kappa shape index (κ1) is 19.8. The van der Waals surface area contributed by atoms with Crippen LogP contribution in [0, 0.1) is 13.8 Å². The van der Waals surface area contributed by atoms with Crippen LogP contribution < -0.4 is 10.1 Å². The van der Waals surface area contributed by atoms with Crippen LogP contribution in [0.1, 0.15) is 33.7 Å². The van der Waals surface area contributed by atoms with Gasteiger partial charge in [-0.15, -0.1) is 16.4 Å². The van der Waals surface area contributed by atoms with E-state index >= 15 is 0 Å². The highest BCUT2D eigenvalue weighted by molar-refractivity contribution is 7.17. The molecule has 0 fully saturated rings. The van der Waals surface area contributed by atoms with Crippen LogP contribution in [-0.4, -0.2) is 32.5 Å². The van der Waals surface area contributed by atoms with E-state index in [2.05, 4.69) is 20.6 Å². The van der Waals surface area contributed by atoms with Crippen molar-refractivity contribution >= 4 is 17.2 Å². The molecule has 0 atom stereocenters. The molecule has 4 rings (SSSR count). The van der Waals surface area contributed by atoms with Crippen molar-refractivity contribution in [1.29, 1.82) is 0 Å². The number of benzene rings is 1. The minimum absolute atomic E-state index is 0.191. The van der Waals surface area contributed by atoms with E-state index in [1.165, 1.54) is 11.3 Å². The molecule has 0 unspecified atom stereocenters. The van der Waals surface area contributed by atoms with Crippen LogP contribution in [0.3, 0.4) is 0 Å². The van der Waals surface area contributed by atoms with E-state index in [4.69, 9.17) is 9.15 Å². The van der Waals surface area contributed by atoms with Crippen molar-refractivity contribution in [2.24, 2.45) is 0 Å². The summed E-state index contributed by atoms with van der Waals surface area (Å²) in [5.41, 5.74) is 3.03. The van der Waals surface area contributed by atoms with Gasteiger partial charge in [-0.1, -0.05) is 5.21 Å². The lowest BCUT2D eigenvalue weighted by atomic mass is 10.3. The number of carbonyl (C=O) groups is 1. The van der Waals surface area contributed by atoms with Gasteiger partial charge in [0.1, 0.15) is 27.1 Å². The molecule has 0 aliphatic heterocycles. The largest absolute Gasteiger partial charge is 0.494 e. The Labute approximate surface area is 177 Å². The van der Waals surface area contributed by atoms with Crippen LogP contribution in [0.5, 0.6) is 5.75 Å². The van der Waals surface area contributed by atoms with E-state index in [1.807, 2.05) is 51.1 Å². The average Bonchev–Trinajstić information content (AvgIpc) is 3.47. The zero-order chi connectivity index (χ0) is 21.1. The molecule has 4 aromatic rings. The maximum Gasteiger partial charge on any atom is 0.263 e. The second-order valence-electron chi connectivity index (χ2n) is 6.56. The molecular weight excluding hydrogens is 402 g/mol. The van der Waals surface area contributed by atoms with Crippen LogP contribution in [0.25, 0.3) is 16.4 Å². The fourth-order valence-corrected chi connectivity index (χ4v) is 4.01. The number of furan rings is 1. The number of aryl methyl sites for hydroxylation is 1. The maximum absolute atomic E-state index is 12.6. The second-order valence-corrected chi connectivity index (χ2v) is 7.56. The van der Waals surface area contributed by atoms with Gasteiger partial charge >= 0.3 is 0 Å². The number of hydrogen-bond acceptors (Lipinski definition) is 7. The zero-order valence-electron chi connectivity index (χ0n) is 16.9. The summed E-state index contributed by atoms with van der Waals surface area (Å²) < 4.78 is 12.5. The smallest absolute Gasteiger partial charge is 0.263 e. The minimum atomic E-state index is -0.191. The van der Waals surface area contributed by atoms with E-state index in [1.54, 1.807) is 17.0 Å². The molecule has 154 valence electrons. The molecule has 0 radical (unpaired) electrons. The third kappa shape index (κ3) is 3.97. The number of aromatic nitrogens is 4. The highest BCUT2D eigenvalue weighted by atomic mass is 32.1. The molecule has 8 nitrogen and oxygen atoms in total. The van der Waals surface area contributed by atoms with Crippen LogP contribution in [0.4, 0.5) is 0 Å². The molecule has 0 aliphatic carbocycles. The topological polar surface area (TPSA) is 95.1 Å². The Morgan fingerprint density at radius 1 is 1.23 bits per heavy atom. The normalized spacial score (nSPS) is 10.9. The Balaban J connectivity index is 1.55. The molecule has 3 heterocycles. The first-order valence-electron chi connectivity index (χ1n) is 9.50. The fourth-order valence-electron chi connectivity index (χ4n) is 2.99. The van der Waals surface area contributed by atoms with Gasteiger partial charge in [-0.3, -0.25) is 4.79 Å². The summed E-state index contributed by atoms with van der Waals surface area (Å²) in [5, 5.41) is 12.1. The average molecular weight is 423 g/mol. The lowest BCUT2D eigenvalue weighted by Gasteiger charge is -2.06. The van der Waals surface area contributed by atoms with Crippen LogP contribution in [0.15, 0.2) is 47.1 Å². The van der Waals surface area contributed by atoms with Crippen molar-refractivity contribution in [1.82, 2.24) is 25.3 Å². The summed E-state index contributed by atoms with van der Waals surface area (Å²) in [6.45, 7) is 6.63. The van der Waals surface area contributed by atoms with Crippen molar-refractivity contribution in [3.63, 3.8) is 0 Å². The summed E-state index contributed by atoms with van der Waals surface area (Å²) in [7, 11) is 0. The molecule has 1 amide bonds. The summed E-state index contributed by atoms with van der Waals surface area (Å²) in [6, 6.07) is 11.2. The molecule has 0 saturated carbocycles. The van der Waals surface area contributed by atoms with E-state index in [9.17, 15) is 4.79 Å². The van der Waals surface area contributed by atoms with Gasteiger partial charge in [0.05, 0.1) is 36.5 Å². The van der Waals surface area contributed by atoms with Crippen LogP contribution >= 0.6 is 11.3 Å². The third-order valence-electron chi connectivity index (χ3n) is 4.50. The number of nitrogens with zero attached hydrogens (tertiary/aromatic N) is 4. The Morgan fingerprint density at radius 3 is 2.73 bits per heavy atom. The number of carbonyl (C=O) groups excluding carboxylic acids is 1. The highest BCUT2D eigenvalue weighted by Crippen LogP contribution is 2.29. The van der Waals surface area contributed by atoms with Gasteiger partial charge in [-0.25, -0.2) is 9.67 Å². The summed E-state index contributed by atoms with van der Waals surface area (Å²) in [4.78, 5) is 17.7. The zero-order valence-corrected chi connectivity index (χ0v) is 17.7. The predicted molar refractivity (Wildman–Crippen MR) is 113 cm³/mol. The first-order chi connectivity index (χ1) is 14.6. The standard InChI is InChI=1S/C21H21N5O3S/c1-4-28-16-9-7-15(8-10-16)26-14(3)18(24-25-26)21-23-13(2)19(30-21)20(27)22-12-17-6-5-11-29-17/h5-11H,4,12H2,1-3H3,(H,22,27). The minimum Gasteiger partial charge on any atom is -0.494 e. The fraction of sp³-hybridized carbons (Fsp3) is 0.238. The molecular formula is C21H21N5O3S. The van der Waals surface area contributed by atoms with Crippen molar-refractivity contribution in [3.05, 3.63) is 64.7 Å². The van der Waals surface area contributed by atoms with Crippen LogP contribution in [0.2, 0.25) is 0 Å². The van der Waals surface area contributed by atoms with Gasteiger partial charge < -0.3 is 14.5 Å². The van der Waals surface area contributed by atoms with Gasteiger partial charge in [-0.2, -0.15) is 0 Å². The molecule has 1 N–H and O–H groups in total. The lowest BCUT2D eigenvalue weighted by Crippen LogP contribution is -2.22. The summed E-state index contributed by atoms with van der Waals surface area (Å²) >= 11 is 1.30. The Hall–Kier alpha value is -3.46. The molecule has 9 heteroatoms. The lowest BCUT2D eigenvalue weighted by molar-refractivity contribution is 0.0951. The van der Waals surface area contributed by atoms with Crippen LogP contribution in [-0.2, 0) is 6.54 Å². The Kier molecular flexibility index (Phi) is 5.62. The Bertz CT molecular complexity index is 1150. The number of hydrogen-bond donors (Lipinski definition) is 1. The van der Waals surface area contributed by atoms with Crippen molar-refractivity contribution in [2.75, 3.05) is 6.61 Å². The van der Waals surface area contributed by atoms with E-state index in [0.29, 0.717) is 40.2 Å². The molecule has 1 aromatic carbocycles. The third-order valence-corrected chi connectivity index (χ3v) is 5.66. The monoisotopic (exact) mass is 423 g/mol. The van der Waals surface area contributed by atoms with E-state index < -0.39 is 0 Å². The van der Waals surface area contributed by atoms with Crippen molar-refractivity contribution in [2.45, 2.75) is 27.3 Å². The van der Waals surface area contributed by atoms with E-state index in [-0.39, 0.29) is 5.91 Å². The molecule has 0 aliphatic rings. The molecule has 0 saturated heterocycles. The van der Waals surface area contributed by atoms with Gasteiger partial charge in [0.2, 0.25) is 0 Å². The van der Waals surface area contributed by atoms with Crippen molar-refractivity contribution < 1.29 is 13.9 Å². The molecule has 0 bridgehead atoms. The number of thiazole rings is 1. The maximum atomic E-state index is 12.6.